The van der Waals surface area contributed by atoms with Crippen molar-refractivity contribution in [2.24, 2.45) is 11.3 Å². The first-order valence-corrected chi connectivity index (χ1v) is 12.1. The summed E-state index contributed by atoms with van der Waals surface area (Å²) in [6.07, 6.45) is 1.63. The Labute approximate surface area is 194 Å². The van der Waals surface area contributed by atoms with Crippen molar-refractivity contribution in [1.29, 1.82) is 0 Å². The van der Waals surface area contributed by atoms with Crippen LogP contribution >= 0.6 is 0 Å². The zero-order valence-corrected chi connectivity index (χ0v) is 20.0. The first-order valence-electron chi connectivity index (χ1n) is 10.6. The van der Waals surface area contributed by atoms with E-state index in [1.165, 1.54) is 24.3 Å². The van der Waals surface area contributed by atoms with Crippen LogP contribution in [0, 0.1) is 11.3 Å². The maximum Gasteiger partial charge on any atom is 0.261 e. The van der Waals surface area contributed by atoms with Crippen LogP contribution in [0.15, 0.2) is 60.0 Å². The molecule has 3 rings (SSSR count). The van der Waals surface area contributed by atoms with Gasteiger partial charge in [0.05, 0.1) is 21.7 Å². The highest BCUT2D eigenvalue weighted by molar-refractivity contribution is 7.92. The molecule has 1 aliphatic rings. The SMILES string of the molecule is C=CCN1C(=O)C(C)(C)COc2cc(NS(=O)(=O)c3ccc(NC(=O)C(C)C)cc3)ccc21. The molecular weight excluding hydrogens is 442 g/mol. The first-order chi connectivity index (χ1) is 15.4. The molecule has 176 valence electrons. The Morgan fingerprint density at radius 2 is 1.82 bits per heavy atom. The quantitative estimate of drug-likeness (QED) is 0.594. The second-order valence-corrected chi connectivity index (χ2v) is 10.5. The highest BCUT2D eigenvalue weighted by Crippen LogP contribution is 2.38. The van der Waals surface area contributed by atoms with Crippen LogP contribution in [-0.4, -0.2) is 33.4 Å². The van der Waals surface area contributed by atoms with Gasteiger partial charge in [-0.1, -0.05) is 19.9 Å². The van der Waals surface area contributed by atoms with Crippen LogP contribution in [0.1, 0.15) is 27.7 Å². The number of amides is 2. The van der Waals surface area contributed by atoms with Crippen LogP contribution in [0.3, 0.4) is 0 Å². The van der Waals surface area contributed by atoms with Gasteiger partial charge in [-0.25, -0.2) is 8.42 Å². The van der Waals surface area contributed by atoms with E-state index in [1.807, 2.05) is 0 Å². The van der Waals surface area contributed by atoms with Crippen LogP contribution in [0.5, 0.6) is 5.75 Å². The standard InChI is InChI=1S/C24H29N3O5S/c1-6-13-27-20-12-9-18(14-21(20)32-15-24(4,5)23(27)29)26-33(30,31)19-10-7-17(8-11-19)25-22(28)16(2)3/h6-12,14,16,26H,1,13,15H2,2-5H3,(H,25,28). The minimum absolute atomic E-state index is 0.0468. The van der Waals surface area contributed by atoms with Gasteiger partial charge in [0.25, 0.3) is 10.0 Å². The predicted octanol–water partition coefficient (Wildman–Crippen LogP) is 4.02. The van der Waals surface area contributed by atoms with Gasteiger partial charge in [0.1, 0.15) is 12.4 Å². The molecule has 0 fully saturated rings. The summed E-state index contributed by atoms with van der Waals surface area (Å²) in [7, 11) is -3.88. The molecule has 33 heavy (non-hydrogen) atoms. The second kappa shape index (κ2) is 9.27. The molecule has 8 nitrogen and oxygen atoms in total. The number of nitrogens with one attached hydrogen (secondary N) is 2. The van der Waals surface area contributed by atoms with Gasteiger partial charge < -0.3 is 15.0 Å². The van der Waals surface area contributed by atoms with Crippen molar-refractivity contribution in [1.82, 2.24) is 0 Å². The molecule has 2 aromatic rings. The van der Waals surface area contributed by atoms with E-state index in [2.05, 4.69) is 16.6 Å². The number of rotatable bonds is 7. The van der Waals surface area contributed by atoms with Crippen molar-refractivity contribution in [3.8, 4) is 5.75 Å². The van der Waals surface area contributed by atoms with Crippen LogP contribution in [0.25, 0.3) is 0 Å². The molecule has 0 spiro atoms. The van der Waals surface area contributed by atoms with E-state index in [9.17, 15) is 18.0 Å². The highest BCUT2D eigenvalue weighted by atomic mass is 32.2. The van der Waals surface area contributed by atoms with Gasteiger partial charge >= 0.3 is 0 Å². The Balaban J connectivity index is 1.84. The summed E-state index contributed by atoms with van der Waals surface area (Å²) in [5, 5.41) is 2.72. The Kier molecular flexibility index (Phi) is 6.83. The summed E-state index contributed by atoms with van der Waals surface area (Å²) in [6.45, 7) is 11.3. The number of fused-ring (bicyclic) bond motifs is 1. The van der Waals surface area contributed by atoms with E-state index in [-0.39, 0.29) is 29.2 Å². The number of benzene rings is 2. The number of sulfonamides is 1. The molecule has 0 saturated heterocycles. The average Bonchev–Trinajstić information content (AvgIpc) is 2.84. The van der Waals surface area contributed by atoms with Crippen molar-refractivity contribution >= 4 is 38.9 Å². The summed E-state index contributed by atoms with van der Waals surface area (Å²) in [6, 6.07) is 10.7. The zero-order valence-electron chi connectivity index (χ0n) is 19.2. The Hall–Kier alpha value is -3.33. The summed E-state index contributed by atoms with van der Waals surface area (Å²) in [4.78, 5) is 26.4. The fraction of sp³-hybridized carbons (Fsp3) is 0.333. The third-order valence-corrected chi connectivity index (χ3v) is 6.58. The molecule has 9 heteroatoms. The molecule has 0 aromatic heterocycles. The average molecular weight is 472 g/mol. The lowest BCUT2D eigenvalue weighted by Crippen LogP contribution is -2.42. The van der Waals surface area contributed by atoms with Crippen LogP contribution in [-0.2, 0) is 19.6 Å². The van der Waals surface area contributed by atoms with Crippen LogP contribution in [0.4, 0.5) is 17.1 Å². The maximum atomic E-state index is 12.9. The lowest BCUT2D eigenvalue weighted by molar-refractivity contribution is -0.127. The minimum atomic E-state index is -3.88. The molecule has 0 saturated carbocycles. The maximum absolute atomic E-state index is 12.9. The smallest absolute Gasteiger partial charge is 0.261 e. The van der Waals surface area contributed by atoms with Gasteiger partial charge in [0.2, 0.25) is 11.8 Å². The van der Waals surface area contributed by atoms with Crippen LogP contribution in [0.2, 0.25) is 0 Å². The topological polar surface area (TPSA) is 105 Å². The van der Waals surface area contributed by atoms with Gasteiger partial charge in [-0.15, -0.1) is 6.58 Å². The molecule has 0 atom stereocenters. The van der Waals surface area contributed by atoms with Crippen molar-refractivity contribution in [2.75, 3.05) is 28.1 Å². The van der Waals surface area contributed by atoms with Gasteiger partial charge in [0.15, 0.2) is 0 Å². The van der Waals surface area contributed by atoms with E-state index in [1.54, 1.807) is 56.9 Å². The molecule has 2 amide bonds. The third kappa shape index (κ3) is 5.36. The summed E-state index contributed by atoms with van der Waals surface area (Å²) < 4.78 is 34.2. The number of nitrogens with zero attached hydrogens (tertiary/aromatic N) is 1. The molecule has 2 aromatic carbocycles. The Morgan fingerprint density at radius 3 is 2.42 bits per heavy atom. The van der Waals surface area contributed by atoms with Crippen molar-refractivity contribution in [2.45, 2.75) is 32.6 Å². The van der Waals surface area contributed by atoms with E-state index in [0.717, 1.165) is 0 Å². The monoisotopic (exact) mass is 471 g/mol. The second-order valence-electron chi connectivity index (χ2n) is 8.83. The molecule has 0 bridgehead atoms. The van der Waals surface area contributed by atoms with Gasteiger partial charge in [-0.2, -0.15) is 0 Å². The van der Waals surface area contributed by atoms with Crippen LogP contribution < -0.4 is 19.7 Å². The Morgan fingerprint density at radius 1 is 1.18 bits per heavy atom. The van der Waals surface area contributed by atoms with E-state index >= 15 is 0 Å². The van der Waals surface area contributed by atoms with Gasteiger partial charge in [0, 0.05) is 24.2 Å². The molecule has 2 N–H and O–H groups in total. The number of carbonyl (C=O) groups excluding carboxylic acids is 2. The number of anilines is 3. The summed E-state index contributed by atoms with van der Waals surface area (Å²) >= 11 is 0. The number of carbonyl (C=O) groups is 2. The molecule has 0 aliphatic carbocycles. The fourth-order valence-electron chi connectivity index (χ4n) is 3.24. The van der Waals surface area contributed by atoms with Gasteiger partial charge in [-0.3, -0.25) is 14.3 Å². The van der Waals surface area contributed by atoms with E-state index in [4.69, 9.17) is 4.74 Å². The number of hydrogen-bond donors (Lipinski definition) is 2. The van der Waals surface area contributed by atoms with Gasteiger partial charge in [-0.05, 0) is 50.2 Å². The number of hydrogen-bond acceptors (Lipinski definition) is 5. The largest absolute Gasteiger partial charge is 0.490 e. The summed E-state index contributed by atoms with van der Waals surface area (Å²) in [5.41, 5.74) is 0.630. The molecular formula is C24H29N3O5S. The van der Waals surface area contributed by atoms with Crippen molar-refractivity contribution < 1.29 is 22.7 Å². The lowest BCUT2D eigenvalue weighted by Gasteiger charge is -2.27. The minimum Gasteiger partial charge on any atom is -0.490 e. The molecule has 0 unspecified atom stereocenters. The third-order valence-electron chi connectivity index (χ3n) is 5.18. The zero-order chi connectivity index (χ0) is 24.4. The first kappa shape index (κ1) is 24.3. The van der Waals surface area contributed by atoms with Crippen molar-refractivity contribution in [3.05, 3.63) is 55.1 Å². The predicted molar refractivity (Wildman–Crippen MR) is 129 cm³/mol. The Bertz CT molecular complexity index is 1170. The molecule has 1 heterocycles. The normalized spacial score (nSPS) is 15.3. The number of ether oxygens (including phenoxy) is 1. The van der Waals surface area contributed by atoms with E-state index < -0.39 is 15.4 Å². The molecule has 1 aliphatic heterocycles. The van der Waals surface area contributed by atoms with Crippen molar-refractivity contribution in [3.63, 3.8) is 0 Å². The fourth-order valence-corrected chi connectivity index (χ4v) is 4.29. The molecule has 0 radical (unpaired) electrons. The lowest BCUT2D eigenvalue weighted by atomic mass is 9.93. The highest BCUT2D eigenvalue weighted by Gasteiger charge is 2.37. The van der Waals surface area contributed by atoms with E-state index in [0.29, 0.717) is 29.4 Å². The summed E-state index contributed by atoms with van der Waals surface area (Å²) in [5.74, 6) is -0.0310.